The minimum atomic E-state index is 0.833. The summed E-state index contributed by atoms with van der Waals surface area (Å²) in [7, 11) is 0. The summed E-state index contributed by atoms with van der Waals surface area (Å²) in [6, 6.07) is 9.33. The van der Waals surface area contributed by atoms with Crippen LogP contribution in [0.15, 0.2) is 30.3 Å². The Morgan fingerprint density at radius 2 is 1.73 bits per heavy atom. The monoisotopic (exact) mass is 148 g/mol. The lowest BCUT2D eigenvalue weighted by atomic mass is 10.3. The van der Waals surface area contributed by atoms with Crippen molar-refractivity contribution in [2.24, 2.45) is 0 Å². The fraction of sp³-hybridized carbons (Fsp3) is 0.222. The van der Waals surface area contributed by atoms with Gasteiger partial charge in [-0.05, 0) is 12.1 Å². The van der Waals surface area contributed by atoms with E-state index in [1.54, 1.807) is 0 Å². The first-order valence-corrected chi connectivity index (χ1v) is 3.63. The van der Waals surface area contributed by atoms with Gasteiger partial charge in [-0.1, -0.05) is 32.0 Å². The average molecular weight is 148 g/mol. The van der Waals surface area contributed by atoms with Crippen LogP contribution in [0.25, 0.3) is 0 Å². The van der Waals surface area contributed by atoms with Crippen LogP contribution in [-0.2, 0) is 0 Å². The Morgan fingerprint density at radius 3 is 2.18 bits per heavy atom. The minimum absolute atomic E-state index is 0.833. The Bertz CT molecular complexity index is 211. The lowest BCUT2D eigenvalue weighted by molar-refractivity contribution is 1.47. The van der Waals surface area contributed by atoms with Crippen molar-refractivity contribution in [1.29, 1.82) is 5.26 Å². The Balaban J connectivity index is 0.000000461. The average Bonchev–Trinajstić information content (AvgIpc) is 2.11. The topological polar surface area (TPSA) is 35.8 Å². The molecule has 0 saturated heterocycles. The first-order chi connectivity index (χ1) is 5.43. The van der Waals surface area contributed by atoms with Gasteiger partial charge in [0.1, 0.15) is 0 Å². The highest BCUT2D eigenvalue weighted by Gasteiger charge is 1.81. The molecule has 0 aliphatic carbocycles. The molecule has 0 spiro atoms. The van der Waals surface area contributed by atoms with E-state index in [0.717, 1.165) is 5.69 Å². The van der Waals surface area contributed by atoms with Gasteiger partial charge in [-0.2, -0.15) is 5.26 Å². The van der Waals surface area contributed by atoms with E-state index in [1.807, 2.05) is 50.4 Å². The number of rotatable bonds is 1. The highest BCUT2D eigenvalue weighted by Crippen LogP contribution is 2.02. The van der Waals surface area contributed by atoms with Gasteiger partial charge in [0, 0.05) is 5.69 Å². The largest absolute Gasteiger partial charge is 0.293 e. The smallest absolute Gasteiger partial charge is 0.181 e. The molecule has 0 saturated carbocycles. The van der Waals surface area contributed by atoms with Crippen LogP contribution in [0.4, 0.5) is 5.69 Å². The van der Waals surface area contributed by atoms with E-state index >= 15 is 0 Å². The third kappa shape index (κ3) is 3.99. The maximum Gasteiger partial charge on any atom is 0.181 e. The number of hydrogen-bond donors (Lipinski definition) is 1. The summed E-state index contributed by atoms with van der Waals surface area (Å²) in [5.74, 6) is 0. The molecular weight excluding hydrogens is 136 g/mol. The molecule has 0 aliphatic rings. The minimum Gasteiger partial charge on any atom is -0.293 e. The van der Waals surface area contributed by atoms with Gasteiger partial charge in [-0.15, -0.1) is 0 Å². The van der Waals surface area contributed by atoms with E-state index in [2.05, 4.69) is 5.32 Å². The zero-order valence-corrected chi connectivity index (χ0v) is 6.83. The predicted octanol–water partition coefficient (Wildman–Crippen LogP) is 2.61. The zero-order valence-electron chi connectivity index (χ0n) is 6.83. The summed E-state index contributed by atoms with van der Waals surface area (Å²) in [5.41, 5.74) is 0.833. The standard InChI is InChI=1S/C7H6N2.C2H6/c8-6-9-7-4-2-1-3-5-7;1-2/h1-5,9H;1-2H3. The van der Waals surface area contributed by atoms with E-state index < -0.39 is 0 Å². The van der Waals surface area contributed by atoms with Crippen molar-refractivity contribution in [1.82, 2.24) is 0 Å². The Labute approximate surface area is 67.5 Å². The van der Waals surface area contributed by atoms with E-state index in [1.165, 1.54) is 0 Å². The van der Waals surface area contributed by atoms with E-state index in [9.17, 15) is 0 Å². The number of nitrogens with one attached hydrogen (secondary N) is 1. The summed E-state index contributed by atoms with van der Waals surface area (Å²) >= 11 is 0. The Morgan fingerprint density at radius 1 is 1.18 bits per heavy atom. The van der Waals surface area contributed by atoms with Crippen LogP contribution in [0.3, 0.4) is 0 Å². The van der Waals surface area contributed by atoms with Crippen molar-refractivity contribution in [3.05, 3.63) is 30.3 Å². The first-order valence-electron chi connectivity index (χ1n) is 3.63. The maximum atomic E-state index is 8.16. The molecule has 0 fully saturated rings. The van der Waals surface area contributed by atoms with Gasteiger partial charge in [0.25, 0.3) is 0 Å². The number of nitriles is 1. The molecule has 58 valence electrons. The third-order valence-corrected chi connectivity index (χ3v) is 0.974. The molecule has 0 bridgehead atoms. The fourth-order valence-electron chi connectivity index (χ4n) is 0.586. The van der Waals surface area contributed by atoms with Gasteiger partial charge in [-0.3, -0.25) is 5.32 Å². The zero-order chi connectivity index (χ0) is 8.53. The number of nitrogens with zero attached hydrogens (tertiary/aromatic N) is 1. The van der Waals surface area contributed by atoms with Crippen LogP contribution in [-0.4, -0.2) is 0 Å². The van der Waals surface area contributed by atoms with Gasteiger partial charge in [0.2, 0.25) is 0 Å². The fourth-order valence-corrected chi connectivity index (χ4v) is 0.586. The number of benzene rings is 1. The van der Waals surface area contributed by atoms with Crippen molar-refractivity contribution < 1.29 is 0 Å². The lowest BCUT2D eigenvalue weighted by Crippen LogP contribution is -1.83. The third-order valence-electron chi connectivity index (χ3n) is 0.974. The number of hydrogen-bond acceptors (Lipinski definition) is 2. The molecule has 0 atom stereocenters. The molecule has 11 heavy (non-hydrogen) atoms. The lowest BCUT2D eigenvalue weighted by Gasteiger charge is -1.91. The van der Waals surface area contributed by atoms with Crippen LogP contribution >= 0.6 is 0 Å². The molecule has 1 N–H and O–H groups in total. The van der Waals surface area contributed by atoms with Crippen molar-refractivity contribution in [2.75, 3.05) is 5.32 Å². The summed E-state index contributed by atoms with van der Waals surface area (Å²) in [4.78, 5) is 0. The molecule has 1 aromatic rings. The van der Waals surface area contributed by atoms with Crippen LogP contribution in [0.5, 0.6) is 0 Å². The molecule has 2 nitrogen and oxygen atoms in total. The van der Waals surface area contributed by atoms with Gasteiger partial charge < -0.3 is 0 Å². The molecule has 1 rings (SSSR count). The van der Waals surface area contributed by atoms with Crippen molar-refractivity contribution >= 4 is 5.69 Å². The Hall–Kier alpha value is -1.49. The molecular formula is C9H12N2. The first kappa shape index (κ1) is 9.51. The van der Waals surface area contributed by atoms with Crippen LogP contribution in [0, 0.1) is 11.5 Å². The SMILES string of the molecule is CC.N#CNc1ccccc1. The van der Waals surface area contributed by atoms with Crippen molar-refractivity contribution in [3.63, 3.8) is 0 Å². The molecule has 0 aromatic heterocycles. The summed E-state index contributed by atoms with van der Waals surface area (Å²) < 4.78 is 0. The van der Waals surface area contributed by atoms with E-state index in [0.29, 0.717) is 0 Å². The maximum absolute atomic E-state index is 8.16. The highest BCUT2D eigenvalue weighted by atomic mass is 14.9. The molecule has 1 aromatic carbocycles. The molecule has 2 heteroatoms. The van der Waals surface area contributed by atoms with Crippen LogP contribution in [0.2, 0.25) is 0 Å². The van der Waals surface area contributed by atoms with E-state index in [-0.39, 0.29) is 0 Å². The highest BCUT2D eigenvalue weighted by molar-refractivity contribution is 5.45. The second-order valence-electron chi connectivity index (χ2n) is 1.60. The van der Waals surface area contributed by atoms with Crippen molar-refractivity contribution in [2.45, 2.75) is 13.8 Å². The van der Waals surface area contributed by atoms with Gasteiger partial charge in [0.05, 0.1) is 0 Å². The van der Waals surface area contributed by atoms with Crippen molar-refractivity contribution in [3.8, 4) is 6.19 Å². The van der Waals surface area contributed by atoms with Crippen LogP contribution in [0.1, 0.15) is 13.8 Å². The Kier molecular flexibility index (Phi) is 5.73. The quantitative estimate of drug-likeness (QED) is 0.491. The molecule has 0 heterocycles. The van der Waals surface area contributed by atoms with Gasteiger partial charge in [-0.25, -0.2) is 0 Å². The van der Waals surface area contributed by atoms with Gasteiger partial charge in [0.15, 0.2) is 6.19 Å². The van der Waals surface area contributed by atoms with E-state index in [4.69, 9.17) is 5.26 Å². The normalized spacial score (nSPS) is 7.00. The molecule has 0 radical (unpaired) electrons. The molecule has 0 amide bonds. The van der Waals surface area contributed by atoms with Crippen LogP contribution < -0.4 is 5.32 Å². The molecule has 0 aliphatic heterocycles. The number of para-hydroxylation sites is 1. The number of anilines is 1. The molecule has 0 unspecified atom stereocenters. The predicted molar refractivity (Wildman–Crippen MR) is 47.0 cm³/mol. The second kappa shape index (κ2) is 6.63. The van der Waals surface area contributed by atoms with Gasteiger partial charge >= 0.3 is 0 Å². The summed E-state index contributed by atoms with van der Waals surface area (Å²) in [5, 5.41) is 10.7. The summed E-state index contributed by atoms with van der Waals surface area (Å²) in [6.45, 7) is 4.00. The summed E-state index contributed by atoms with van der Waals surface area (Å²) in [6.07, 6.45) is 1.83. The second-order valence-corrected chi connectivity index (χ2v) is 1.60.